The average molecular weight is 457 g/mol. The van der Waals surface area contributed by atoms with E-state index in [1.165, 1.54) is 51.8 Å². The van der Waals surface area contributed by atoms with Gasteiger partial charge in [-0.2, -0.15) is 0 Å². The van der Waals surface area contributed by atoms with Gasteiger partial charge in [0, 0.05) is 24.5 Å². The minimum Gasteiger partial charge on any atom is -0.493 e. The number of rotatable bonds is 9. The number of sulfone groups is 1. The van der Waals surface area contributed by atoms with Crippen molar-refractivity contribution in [3.63, 3.8) is 0 Å². The van der Waals surface area contributed by atoms with Gasteiger partial charge in [-0.25, -0.2) is 8.42 Å². The highest BCUT2D eigenvalue weighted by Gasteiger charge is 2.30. The Hall–Kier alpha value is -3.59. The summed E-state index contributed by atoms with van der Waals surface area (Å²) in [7, 11) is 0.569. The maximum Gasteiger partial charge on any atom is 0.251 e. The maximum atomic E-state index is 13.3. The molecule has 1 unspecified atom stereocenters. The summed E-state index contributed by atoms with van der Waals surface area (Å²) in [5.74, 6) is 0.503. The Morgan fingerprint density at radius 3 is 2.16 bits per heavy atom. The van der Waals surface area contributed by atoms with Crippen molar-refractivity contribution in [3.8, 4) is 17.2 Å². The molecule has 0 spiro atoms. The third-order valence-corrected chi connectivity index (χ3v) is 6.99. The molecule has 0 aliphatic heterocycles. The van der Waals surface area contributed by atoms with Gasteiger partial charge in [0.2, 0.25) is 5.75 Å². The van der Waals surface area contributed by atoms with Crippen LogP contribution in [0.2, 0.25) is 0 Å². The standard InChI is InChI=1S/C23H24N2O6S/c1-29-19-12-17(13-20(30-2)22(19)31-3)23(26)25-15-21(16-8-7-11-24-14-16)32(27,28)18-9-5-4-6-10-18/h4-14,21H,15H2,1-3H3,(H,25,26). The molecule has 1 atom stereocenters. The van der Waals surface area contributed by atoms with Crippen LogP contribution in [0.4, 0.5) is 0 Å². The first-order chi connectivity index (χ1) is 15.4. The number of carbonyl (C=O) groups excluding carboxylic acids is 1. The molecule has 32 heavy (non-hydrogen) atoms. The number of hydrogen-bond acceptors (Lipinski definition) is 7. The van der Waals surface area contributed by atoms with Gasteiger partial charge in [0.05, 0.1) is 26.2 Å². The second-order valence-electron chi connectivity index (χ2n) is 6.76. The number of benzene rings is 2. The van der Waals surface area contributed by atoms with E-state index in [0.29, 0.717) is 22.8 Å². The van der Waals surface area contributed by atoms with Crippen LogP contribution in [0.15, 0.2) is 71.9 Å². The molecular weight excluding hydrogens is 432 g/mol. The summed E-state index contributed by atoms with van der Waals surface area (Å²) in [5, 5.41) is 1.69. The Labute approximate surface area is 187 Å². The van der Waals surface area contributed by atoms with Crippen molar-refractivity contribution in [2.75, 3.05) is 27.9 Å². The molecule has 0 saturated heterocycles. The lowest BCUT2D eigenvalue weighted by atomic mass is 10.1. The van der Waals surface area contributed by atoms with Gasteiger partial charge in [-0.3, -0.25) is 9.78 Å². The van der Waals surface area contributed by atoms with Crippen molar-refractivity contribution < 1.29 is 27.4 Å². The smallest absolute Gasteiger partial charge is 0.251 e. The lowest BCUT2D eigenvalue weighted by molar-refractivity contribution is 0.0953. The Morgan fingerprint density at radius 1 is 0.969 bits per heavy atom. The van der Waals surface area contributed by atoms with Crippen molar-refractivity contribution in [1.82, 2.24) is 10.3 Å². The zero-order valence-electron chi connectivity index (χ0n) is 17.9. The zero-order chi connectivity index (χ0) is 23.1. The number of hydrogen-bond donors (Lipinski definition) is 1. The van der Waals surface area contributed by atoms with Crippen LogP contribution < -0.4 is 19.5 Å². The number of amides is 1. The molecule has 2 aromatic carbocycles. The fourth-order valence-corrected chi connectivity index (χ4v) is 4.91. The molecule has 1 N–H and O–H groups in total. The lowest BCUT2D eigenvalue weighted by Gasteiger charge is -2.19. The van der Waals surface area contributed by atoms with Crippen molar-refractivity contribution in [2.45, 2.75) is 10.1 Å². The third kappa shape index (κ3) is 4.83. The Kier molecular flexibility index (Phi) is 7.32. The van der Waals surface area contributed by atoms with E-state index in [-0.39, 0.29) is 17.0 Å². The number of nitrogens with zero attached hydrogens (tertiary/aromatic N) is 1. The molecule has 0 saturated carbocycles. The van der Waals surface area contributed by atoms with Gasteiger partial charge in [-0.15, -0.1) is 0 Å². The highest BCUT2D eigenvalue weighted by molar-refractivity contribution is 7.91. The van der Waals surface area contributed by atoms with E-state index in [0.717, 1.165) is 0 Å². The first-order valence-corrected chi connectivity index (χ1v) is 11.2. The summed E-state index contributed by atoms with van der Waals surface area (Å²) in [4.78, 5) is 17.1. The van der Waals surface area contributed by atoms with Crippen LogP contribution >= 0.6 is 0 Å². The number of pyridine rings is 1. The first-order valence-electron chi connectivity index (χ1n) is 9.69. The van der Waals surface area contributed by atoms with Crippen molar-refractivity contribution >= 4 is 15.7 Å². The molecular formula is C23H24N2O6S. The molecule has 3 aromatic rings. The van der Waals surface area contributed by atoms with Crippen LogP contribution in [0.3, 0.4) is 0 Å². The van der Waals surface area contributed by atoms with E-state index in [1.807, 2.05) is 0 Å². The number of nitrogens with one attached hydrogen (secondary N) is 1. The Morgan fingerprint density at radius 2 is 1.62 bits per heavy atom. The van der Waals surface area contributed by atoms with Gasteiger partial charge in [0.1, 0.15) is 5.25 Å². The number of methoxy groups -OCH3 is 3. The van der Waals surface area contributed by atoms with Gasteiger partial charge in [-0.05, 0) is 35.9 Å². The molecule has 1 aromatic heterocycles. The molecule has 0 radical (unpaired) electrons. The predicted octanol–water partition coefficient (Wildman–Crippen LogP) is 3.05. The fourth-order valence-electron chi connectivity index (χ4n) is 3.25. The largest absolute Gasteiger partial charge is 0.493 e. The van der Waals surface area contributed by atoms with Crippen molar-refractivity contribution in [1.29, 1.82) is 0 Å². The number of carbonyl (C=O) groups is 1. The minimum absolute atomic E-state index is 0.154. The third-order valence-electron chi connectivity index (χ3n) is 4.88. The van der Waals surface area contributed by atoms with Crippen LogP contribution in [0, 0.1) is 0 Å². The topological polar surface area (TPSA) is 104 Å². The Bertz CT molecular complexity index is 1140. The van der Waals surface area contributed by atoms with E-state index >= 15 is 0 Å². The molecule has 0 bridgehead atoms. The van der Waals surface area contributed by atoms with Crippen LogP contribution in [-0.4, -0.2) is 47.2 Å². The molecule has 168 valence electrons. The van der Waals surface area contributed by atoms with Gasteiger partial charge in [0.15, 0.2) is 21.3 Å². The summed E-state index contributed by atoms with van der Waals surface area (Å²) in [6.07, 6.45) is 3.04. The molecule has 0 fully saturated rings. The summed E-state index contributed by atoms with van der Waals surface area (Å²) in [6.45, 7) is -0.154. The summed E-state index contributed by atoms with van der Waals surface area (Å²) >= 11 is 0. The normalized spacial score (nSPS) is 12.0. The zero-order valence-corrected chi connectivity index (χ0v) is 18.8. The van der Waals surface area contributed by atoms with Gasteiger partial charge in [0.25, 0.3) is 5.91 Å². The van der Waals surface area contributed by atoms with Crippen molar-refractivity contribution in [3.05, 3.63) is 78.1 Å². The van der Waals surface area contributed by atoms with Gasteiger partial charge >= 0.3 is 0 Å². The summed E-state index contributed by atoms with van der Waals surface area (Å²) in [5.41, 5.74) is 0.711. The van der Waals surface area contributed by atoms with E-state index in [1.54, 1.807) is 36.5 Å². The fraction of sp³-hybridized carbons (Fsp3) is 0.217. The summed E-state index contributed by atoms with van der Waals surface area (Å²) < 4.78 is 42.5. The van der Waals surface area contributed by atoms with Crippen molar-refractivity contribution in [2.24, 2.45) is 0 Å². The highest BCUT2D eigenvalue weighted by Crippen LogP contribution is 2.38. The van der Waals surface area contributed by atoms with E-state index in [9.17, 15) is 13.2 Å². The number of ether oxygens (including phenoxy) is 3. The second-order valence-corrected chi connectivity index (χ2v) is 8.89. The quantitative estimate of drug-likeness (QED) is 0.528. The lowest BCUT2D eigenvalue weighted by Crippen LogP contribution is -2.32. The van der Waals surface area contributed by atoms with Gasteiger partial charge < -0.3 is 19.5 Å². The van der Waals surface area contributed by atoms with Crippen LogP contribution in [-0.2, 0) is 9.84 Å². The minimum atomic E-state index is -3.79. The predicted molar refractivity (Wildman–Crippen MR) is 119 cm³/mol. The average Bonchev–Trinajstić information content (AvgIpc) is 2.84. The molecule has 1 amide bonds. The van der Waals surface area contributed by atoms with Crippen LogP contribution in [0.5, 0.6) is 17.2 Å². The second kappa shape index (κ2) is 10.1. The Balaban J connectivity index is 1.91. The molecule has 9 heteroatoms. The number of aromatic nitrogens is 1. The molecule has 3 rings (SSSR count). The van der Waals surface area contributed by atoms with E-state index in [2.05, 4.69) is 10.3 Å². The maximum absolute atomic E-state index is 13.3. The highest BCUT2D eigenvalue weighted by atomic mass is 32.2. The van der Waals surface area contributed by atoms with E-state index in [4.69, 9.17) is 14.2 Å². The van der Waals surface area contributed by atoms with E-state index < -0.39 is 21.0 Å². The molecule has 1 heterocycles. The molecule has 8 nitrogen and oxygen atoms in total. The van der Waals surface area contributed by atoms with Crippen LogP contribution in [0.1, 0.15) is 21.2 Å². The van der Waals surface area contributed by atoms with Crippen LogP contribution in [0.25, 0.3) is 0 Å². The molecule has 0 aliphatic rings. The molecule has 0 aliphatic carbocycles. The van der Waals surface area contributed by atoms with Gasteiger partial charge in [-0.1, -0.05) is 24.3 Å². The monoisotopic (exact) mass is 456 g/mol. The SMILES string of the molecule is COc1cc(C(=O)NCC(c2cccnc2)S(=O)(=O)c2ccccc2)cc(OC)c1OC. The first kappa shape index (κ1) is 23.1. The summed E-state index contributed by atoms with van der Waals surface area (Å²) in [6, 6.07) is 14.4.